The zero-order valence-corrected chi connectivity index (χ0v) is 15.4. The molecule has 2 heterocycles. The van der Waals surface area contributed by atoms with E-state index >= 15 is 0 Å². The monoisotopic (exact) mass is 398 g/mol. The van der Waals surface area contributed by atoms with Crippen LogP contribution >= 0.6 is 0 Å². The van der Waals surface area contributed by atoms with Crippen molar-refractivity contribution in [3.05, 3.63) is 24.0 Å². The average molecular weight is 398 g/mol. The molecule has 2 aromatic rings. The predicted octanol–water partition coefficient (Wildman–Crippen LogP) is 0.945. The van der Waals surface area contributed by atoms with Crippen LogP contribution in [0.25, 0.3) is 11.1 Å². The lowest BCUT2D eigenvalue weighted by molar-refractivity contribution is -0.123. The summed E-state index contributed by atoms with van der Waals surface area (Å²) in [4.78, 5) is 37.3. The number of likely N-dealkylation sites (N-methyl/N-ethyl adjacent to an activating group) is 1. The van der Waals surface area contributed by atoms with Gasteiger partial charge < -0.3 is 24.4 Å². The first-order valence-corrected chi connectivity index (χ1v) is 8.36. The second kappa shape index (κ2) is 12.4. The summed E-state index contributed by atoms with van der Waals surface area (Å²) in [7, 11) is 2.10. The first-order valence-electron chi connectivity index (χ1n) is 8.36. The Kier molecular flexibility index (Phi) is 10.1. The van der Waals surface area contributed by atoms with Gasteiger partial charge in [0.2, 0.25) is 5.91 Å². The van der Waals surface area contributed by atoms with Crippen molar-refractivity contribution in [2.75, 3.05) is 45.1 Å². The van der Waals surface area contributed by atoms with E-state index in [1.165, 1.54) is 18.2 Å². The lowest BCUT2D eigenvalue weighted by Crippen LogP contribution is -2.45. The Hall–Kier alpha value is -3.05. The molecular formula is C17H23FN4O6. The van der Waals surface area contributed by atoms with E-state index in [0.717, 1.165) is 26.2 Å². The molecule has 28 heavy (non-hydrogen) atoms. The van der Waals surface area contributed by atoms with Crippen molar-refractivity contribution in [3.8, 4) is 0 Å². The van der Waals surface area contributed by atoms with E-state index in [2.05, 4.69) is 27.1 Å². The van der Waals surface area contributed by atoms with Gasteiger partial charge in [-0.25, -0.2) is 4.39 Å². The van der Waals surface area contributed by atoms with E-state index in [1.54, 1.807) is 0 Å². The van der Waals surface area contributed by atoms with E-state index in [9.17, 15) is 9.18 Å². The summed E-state index contributed by atoms with van der Waals surface area (Å²) < 4.78 is 18.4. The quantitative estimate of drug-likeness (QED) is 0.643. The highest BCUT2D eigenvalue weighted by Crippen LogP contribution is 2.19. The highest BCUT2D eigenvalue weighted by atomic mass is 19.1. The molecule has 1 saturated heterocycles. The number of nitrogens with zero attached hydrogens (tertiary/aromatic N) is 3. The minimum absolute atomic E-state index is 0.115. The maximum atomic E-state index is 13.1. The van der Waals surface area contributed by atoms with Gasteiger partial charge >= 0.3 is 6.01 Å². The number of rotatable bonds is 4. The summed E-state index contributed by atoms with van der Waals surface area (Å²) in [6.07, 6.45) is 0.386. The molecular weight excluding hydrogens is 375 g/mol. The third-order valence-electron chi connectivity index (χ3n) is 3.85. The van der Waals surface area contributed by atoms with Crippen molar-refractivity contribution in [1.82, 2.24) is 14.8 Å². The number of oxazole rings is 1. The summed E-state index contributed by atoms with van der Waals surface area (Å²) in [5.74, 6) is -0.539. The number of fused-ring (bicyclic) bond motifs is 1. The number of benzene rings is 1. The fourth-order valence-electron chi connectivity index (χ4n) is 2.46. The van der Waals surface area contributed by atoms with Crippen molar-refractivity contribution in [1.29, 1.82) is 0 Å². The lowest BCUT2D eigenvalue weighted by atomic mass is 10.3. The molecule has 0 saturated carbocycles. The lowest BCUT2D eigenvalue weighted by Gasteiger charge is -2.32. The molecule has 0 radical (unpaired) electrons. The fourth-order valence-corrected chi connectivity index (χ4v) is 2.46. The average Bonchev–Trinajstić information content (AvgIpc) is 3.04. The molecule has 11 heteroatoms. The number of amides is 1. The Labute approximate surface area is 160 Å². The molecule has 1 aromatic carbocycles. The molecule has 0 bridgehead atoms. The van der Waals surface area contributed by atoms with E-state index < -0.39 is 5.82 Å². The zero-order chi connectivity index (χ0) is 20.9. The maximum absolute atomic E-state index is 13.1. The summed E-state index contributed by atoms with van der Waals surface area (Å²) in [5, 5.41) is 16.4. The van der Waals surface area contributed by atoms with Crippen LogP contribution in [0.1, 0.15) is 6.42 Å². The predicted molar refractivity (Wildman–Crippen MR) is 98.5 cm³/mol. The van der Waals surface area contributed by atoms with Gasteiger partial charge in [-0.2, -0.15) is 4.98 Å². The molecule has 10 nitrogen and oxygen atoms in total. The Morgan fingerprint density at radius 1 is 1.25 bits per heavy atom. The summed E-state index contributed by atoms with van der Waals surface area (Å²) in [6, 6.07) is 4.20. The van der Waals surface area contributed by atoms with E-state index in [-0.39, 0.29) is 24.9 Å². The smallest absolute Gasteiger partial charge is 0.302 e. The Morgan fingerprint density at radius 3 is 2.46 bits per heavy atom. The normalized spacial score (nSPS) is 14.2. The molecule has 1 aromatic heterocycles. The Morgan fingerprint density at radius 2 is 1.86 bits per heavy atom. The molecule has 3 rings (SSSR count). The van der Waals surface area contributed by atoms with E-state index in [4.69, 9.17) is 24.2 Å². The third kappa shape index (κ3) is 8.10. The number of piperazine rings is 1. The first-order chi connectivity index (χ1) is 13.4. The number of nitrogens with one attached hydrogen (secondary N) is 1. The third-order valence-corrected chi connectivity index (χ3v) is 3.85. The van der Waals surface area contributed by atoms with Crippen LogP contribution in [0.15, 0.2) is 22.6 Å². The standard InChI is InChI=1S/C15H19FN4O2.2CH2O2/c1-19-6-8-20(9-7-19)5-4-14(21)18-15-17-12-3-2-11(16)10-13(12)22-15;2*2-1-3/h2-3,10H,4-9H2,1H3,(H,17,18,21);2*1H,(H,2,3). The van der Waals surface area contributed by atoms with Crippen molar-refractivity contribution in [2.45, 2.75) is 6.42 Å². The van der Waals surface area contributed by atoms with Crippen LogP contribution in [0.4, 0.5) is 10.4 Å². The molecule has 1 aliphatic heterocycles. The number of carbonyl (C=O) groups excluding carboxylic acids is 1. The van der Waals surface area contributed by atoms with Crippen LogP contribution in [0.5, 0.6) is 0 Å². The minimum Gasteiger partial charge on any atom is -0.483 e. The van der Waals surface area contributed by atoms with E-state index in [0.29, 0.717) is 24.1 Å². The SMILES string of the molecule is CN1CCN(CCC(=O)Nc2nc3ccc(F)cc3o2)CC1.O=CO.O=CO. The number of hydrogen-bond donors (Lipinski definition) is 3. The first kappa shape index (κ1) is 23.0. The molecule has 0 atom stereocenters. The molecule has 1 aliphatic rings. The van der Waals surface area contributed by atoms with Crippen LogP contribution in [0.2, 0.25) is 0 Å². The van der Waals surface area contributed by atoms with Crippen LogP contribution in [-0.2, 0) is 14.4 Å². The number of halogens is 1. The zero-order valence-electron chi connectivity index (χ0n) is 15.4. The van der Waals surface area contributed by atoms with Gasteiger partial charge in [-0.3, -0.25) is 19.7 Å². The molecule has 154 valence electrons. The summed E-state index contributed by atoms with van der Waals surface area (Å²) in [5.41, 5.74) is 0.852. The van der Waals surface area contributed by atoms with Gasteiger partial charge in [0.15, 0.2) is 5.58 Å². The van der Waals surface area contributed by atoms with Gasteiger partial charge in [-0.05, 0) is 19.2 Å². The Balaban J connectivity index is 0.000000582. The van der Waals surface area contributed by atoms with Crippen molar-refractivity contribution in [3.63, 3.8) is 0 Å². The van der Waals surface area contributed by atoms with Gasteiger partial charge in [0.1, 0.15) is 11.3 Å². The van der Waals surface area contributed by atoms with Gasteiger partial charge in [0, 0.05) is 45.2 Å². The van der Waals surface area contributed by atoms with Gasteiger partial charge in [-0.1, -0.05) is 0 Å². The topological polar surface area (TPSA) is 136 Å². The Bertz CT molecular complexity index is 755. The molecule has 1 amide bonds. The van der Waals surface area contributed by atoms with Crippen molar-refractivity contribution >= 4 is 36.0 Å². The van der Waals surface area contributed by atoms with Crippen molar-refractivity contribution < 1.29 is 33.4 Å². The van der Waals surface area contributed by atoms with Gasteiger partial charge in [0.05, 0.1) is 0 Å². The van der Waals surface area contributed by atoms with Gasteiger partial charge in [0.25, 0.3) is 12.9 Å². The summed E-state index contributed by atoms with van der Waals surface area (Å²) in [6.45, 7) is 4.23. The van der Waals surface area contributed by atoms with Crippen LogP contribution in [0.3, 0.4) is 0 Å². The fraction of sp³-hybridized carbons (Fsp3) is 0.412. The molecule has 0 unspecified atom stereocenters. The number of hydrogen-bond acceptors (Lipinski definition) is 7. The maximum Gasteiger partial charge on any atom is 0.302 e. The molecule has 0 spiro atoms. The second-order valence-corrected chi connectivity index (χ2v) is 5.78. The minimum atomic E-state index is -0.392. The van der Waals surface area contributed by atoms with Crippen LogP contribution in [-0.4, -0.2) is 83.6 Å². The largest absolute Gasteiger partial charge is 0.483 e. The summed E-state index contributed by atoms with van der Waals surface area (Å²) >= 11 is 0. The number of anilines is 1. The highest BCUT2D eigenvalue weighted by molar-refractivity contribution is 5.90. The van der Waals surface area contributed by atoms with Crippen LogP contribution < -0.4 is 5.32 Å². The molecule has 0 aliphatic carbocycles. The van der Waals surface area contributed by atoms with Crippen molar-refractivity contribution in [2.24, 2.45) is 0 Å². The number of carbonyl (C=O) groups is 3. The molecule has 1 fully saturated rings. The molecule has 3 N–H and O–H groups in total. The number of carboxylic acid groups (broad SMARTS) is 2. The highest BCUT2D eigenvalue weighted by Gasteiger charge is 2.15. The number of aromatic nitrogens is 1. The van der Waals surface area contributed by atoms with Crippen LogP contribution in [0, 0.1) is 5.82 Å². The van der Waals surface area contributed by atoms with E-state index in [1.807, 2.05) is 0 Å². The van der Waals surface area contributed by atoms with Gasteiger partial charge in [-0.15, -0.1) is 0 Å². The second-order valence-electron chi connectivity index (χ2n) is 5.78.